The molecular formula is C31H35Cl3N4O4. The molecule has 1 aliphatic carbocycles. The number of carbonyl (C=O) groups is 2. The van der Waals surface area contributed by atoms with E-state index in [1.807, 2.05) is 37.4 Å². The van der Waals surface area contributed by atoms with E-state index in [9.17, 15) is 9.59 Å². The second-order valence-corrected chi connectivity index (χ2v) is 11.3. The fraction of sp³-hybridized carbons (Fsp3) is 0.387. The maximum Gasteiger partial charge on any atom is 0.187 e. The van der Waals surface area contributed by atoms with Gasteiger partial charge in [-0.15, -0.1) is 24.8 Å². The number of Topliss-reactive ketones (excluding diaryl/α,β-unsaturated/α-hetero) is 2. The van der Waals surface area contributed by atoms with E-state index >= 15 is 0 Å². The minimum Gasteiger partial charge on any atom is -0.493 e. The van der Waals surface area contributed by atoms with Gasteiger partial charge in [-0.3, -0.25) is 14.6 Å². The number of methoxy groups -OCH3 is 2. The van der Waals surface area contributed by atoms with Crippen molar-refractivity contribution in [3.05, 3.63) is 69.9 Å². The van der Waals surface area contributed by atoms with E-state index in [1.165, 1.54) is 0 Å². The maximum atomic E-state index is 13.9. The third-order valence-electron chi connectivity index (χ3n) is 7.81. The predicted molar refractivity (Wildman–Crippen MR) is 172 cm³/mol. The van der Waals surface area contributed by atoms with Crippen LogP contribution in [0.15, 0.2) is 68.7 Å². The van der Waals surface area contributed by atoms with E-state index < -0.39 is 17.4 Å². The molecule has 2 aliphatic heterocycles. The lowest BCUT2D eigenvalue weighted by Gasteiger charge is -2.38. The summed E-state index contributed by atoms with van der Waals surface area (Å²) in [4.78, 5) is 43.6. The molecule has 0 aromatic heterocycles. The minimum atomic E-state index is -0.900. The summed E-state index contributed by atoms with van der Waals surface area (Å²) in [6, 6.07) is 13.1. The SMILES string of the molecule is COc1ccc(CCN(C)CCC2C(=O)C3=NC(c4ccc(Cl)cc4)=NC3=C3C=NC(C)(C)C(=O)C32)cc1OC.Cl.Cl. The Bertz CT molecular complexity index is 1480. The largest absolute Gasteiger partial charge is 0.493 e. The summed E-state index contributed by atoms with van der Waals surface area (Å²) in [5, 5.41) is 0.605. The van der Waals surface area contributed by atoms with E-state index in [2.05, 4.69) is 14.9 Å². The van der Waals surface area contributed by atoms with Crippen molar-refractivity contribution in [3.8, 4) is 11.5 Å². The molecule has 3 aliphatic rings. The number of ether oxygens (including phenoxy) is 2. The molecule has 2 unspecified atom stereocenters. The third kappa shape index (κ3) is 6.47. The first-order valence-electron chi connectivity index (χ1n) is 13.3. The van der Waals surface area contributed by atoms with Crippen LogP contribution in [0.4, 0.5) is 0 Å². The zero-order chi connectivity index (χ0) is 28.6. The minimum absolute atomic E-state index is 0. The predicted octanol–water partition coefficient (Wildman–Crippen LogP) is 5.47. The van der Waals surface area contributed by atoms with Crippen LogP contribution in [0.5, 0.6) is 11.5 Å². The molecule has 2 atom stereocenters. The smallest absolute Gasteiger partial charge is 0.187 e. The average Bonchev–Trinajstić information content (AvgIpc) is 3.40. The maximum absolute atomic E-state index is 13.9. The monoisotopic (exact) mass is 632 g/mol. The summed E-state index contributed by atoms with van der Waals surface area (Å²) < 4.78 is 10.8. The van der Waals surface area contributed by atoms with Crippen molar-refractivity contribution in [1.29, 1.82) is 0 Å². The lowest BCUT2D eigenvalue weighted by molar-refractivity contribution is -0.131. The molecule has 0 saturated carbocycles. The van der Waals surface area contributed by atoms with Gasteiger partial charge in [0, 0.05) is 34.8 Å². The molecule has 0 amide bonds. The molecular weight excluding hydrogens is 599 g/mol. The van der Waals surface area contributed by atoms with Crippen LogP contribution in [0.2, 0.25) is 5.02 Å². The van der Waals surface area contributed by atoms with Crippen LogP contribution in [0.3, 0.4) is 0 Å². The molecule has 11 heteroatoms. The number of hydrogen-bond acceptors (Lipinski definition) is 8. The number of halogens is 3. The number of allylic oxidation sites excluding steroid dienone is 2. The number of carbonyl (C=O) groups excluding carboxylic acids is 2. The molecule has 5 rings (SSSR count). The van der Waals surface area contributed by atoms with Gasteiger partial charge in [0.25, 0.3) is 0 Å². The van der Waals surface area contributed by atoms with Crippen molar-refractivity contribution in [2.45, 2.75) is 32.2 Å². The van der Waals surface area contributed by atoms with Gasteiger partial charge in [0.05, 0.1) is 20.1 Å². The highest BCUT2D eigenvalue weighted by Gasteiger charge is 2.51. The highest BCUT2D eigenvalue weighted by atomic mass is 35.5. The summed E-state index contributed by atoms with van der Waals surface area (Å²) in [6.07, 6.45) is 3.05. The number of amidine groups is 1. The first-order valence-corrected chi connectivity index (χ1v) is 13.7. The van der Waals surface area contributed by atoms with E-state index in [4.69, 9.17) is 26.1 Å². The number of hydrogen-bond donors (Lipinski definition) is 0. The Morgan fingerprint density at radius 3 is 2.31 bits per heavy atom. The van der Waals surface area contributed by atoms with Crippen LogP contribution in [0.1, 0.15) is 31.4 Å². The van der Waals surface area contributed by atoms with Gasteiger partial charge < -0.3 is 14.4 Å². The Balaban J connectivity index is 0.00000242. The number of rotatable bonds is 9. The summed E-state index contributed by atoms with van der Waals surface area (Å²) in [6.45, 7) is 5.02. The Labute approximate surface area is 263 Å². The number of fused-ring (bicyclic) bond motifs is 2. The first kappa shape index (κ1) is 33.5. The quantitative estimate of drug-likeness (QED) is 0.365. The summed E-state index contributed by atoms with van der Waals surface area (Å²) in [5.41, 5.74) is 2.45. The highest BCUT2D eigenvalue weighted by Crippen LogP contribution is 2.41. The van der Waals surface area contributed by atoms with Gasteiger partial charge in [-0.2, -0.15) is 0 Å². The van der Waals surface area contributed by atoms with Crippen molar-refractivity contribution in [3.63, 3.8) is 0 Å². The Morgan fingerprint density at radius 2 is 1.64 bits per heavy atom. The number of benzene rings is 2. The second-order valence-electron chi connectivity index (χ2n) is 10.9. The molecule has 8 nitrogen and oxygen atoms in total. The molecule has 0 radical (unpaired) electrons. The van der Waals surface area contributed by atoms with Gasteiger partial charge in [0.1, 0.15) is 16.9 Å². The lowest BCUT2D eigenvalue weighted by Crippen LogP contribution is -2.50. The van der Waals surface area contributed by atoms with Crippen molar-refractivity contribution >= 4 is 65.7 Å². The Kier molecular flexibility index (Phi) is 10.8. The summed E-state index contributed by atoms with van der Waals surface area (Å²) >= 11 is 6.05. The molecule has 0 saturated heterocycles. The number of ketones is 2. The van der Waals surface area contributed by atoms with Crippen molar-refractivity contribution < 1.29 is 19.1 Å². The average molecular weight is 634 g/mol. The Hall–Kier alpha value is -3.04. The molecule has 224 valence electrons. The van der Waals surface area contributed by atoms with Gasteiger partial charge >= 0.3 is 0 Å². The van der Waals surface area contributed by atoms with Crippen LogP contribution >= 0.6 is 36.4 Å². The van der Waals surface area contributed by atoms with E-state index in [-0.39, 0.29) is 36.4 Å². The van der Waals surface area contributed by atoms with E-state index in [0.29, 0.717) is 52.3 Å². The molecule has 0 spiro atoms. The van der Waals surface area contributed by atoms with Crippen LogP contribution in [-0.2, 0) is 16.0 Å². The molecule has 0 fully saturated rings. The standard InChI is InChI=1S/C31H33ClN4O4.2ClH/c1-31(2)29(38)25-21(13-15-36(3)14-12-18-6-11-23(39-4)24(16-18)40-5)28(37)27-26(22(25)17-33-31)34-30(35-27)19-7-9-20(32)10-8-19;;/h6-11,16-17,21,25H,12-15H2,1-5H3;2*1H. The van der Waals surface area contributed by atoms with Crippen LogP contribution in [0.25, 0.3) is 0 Å². The molecule has 42 heavy (non-hydrogen) atoms. The van der Waals surface area contributed by atoms with Crippen LogP contribution in [0, 0.1) is 11.8 Å². The van der Waals surface area contributed by atoms with E-state index in [1.54, 1.807) is 46.4 Å². The van der Waals surface area contributed by atoms with Crippen molar-refractivity contribution in [2.24, 2.45) is 26.8 Å². The van der Waals surface area contributed by atoms with Crippen LogP contribution in [-0.4, -0.2) is 74.1 Å². The fourth-order valence-electron chi connectivity index (χ4n) is 5.40. The zero-order valence-electron chi connectivity index (χ0n) is 24.2. The molecule has 0 bridgehead atoms. The molecule has 0 N–H and O–H groups in total. The van der Waals surface area contributed by atoms with Crippen LogP contribution < -0.4 is 9.47 Å². The zero-order valence-corrected chi connectivity index (χ0v) is 26.6. The summed E-state index contributed by atoms with van der Waals surface area (Å²) in [7, 11) is 5.27. The second kappa shape index (κ2) is 13.5. The fourth-order valence-corrected chi connectivity index (χ4v) is 5.53. The normalized spacial score (nSPS) is 20.3. The van der Waals surface area contributed by atoms with Crippen molar-refractivity contribution in [1.82, 2.24) is 4.90 Å². The highest BCUT2D eigenvalue weighted by molar-refractivity contribution is 6.52. The number of likely N-dealkylation sites (N-methyl/N-ethyl adjacent to an activating group) is 1. The number of nitrogens with zero attached hydrogens (tertiary/aromatic N) is 4. The van der Waals surface area contributed by atoms with Gasteiger partial charge in [-0.05, 0) is 82.2 Å². The molecule has 2 aromatic carbocycles. The summed E-state index contributed by atoms with van der Waals surface area (Å²) in [5.74, 6) is 0.520. The van der Waals surface area contributed by atoms with Crippen molar-refractivity contribution in [2.75, 3.05) is 34.4 Å². The lowest BCUT2D eigenvalue weighted by atomic mass is 9.67. The topological polar surface area (TPSA) is 92.9 Å². The van der Waals surface area contributed by atoms with Gasteiger partial charge in [0.15, 0.2) is 28.9 Å². The molecule has 2 heterocycles. The third-order valence-corrected chi connectivity index (χ3v) is 8.06. The van der Waals surface area contributed by atoms with Gasteiger partial charge in [-0.1, -0.05) is 17.7 Å². The number of aliphatic imine (C=N–C) groups is 3. The first-order chi connectivity index (χ1) is 19.1. The van der Waals surface area contributed by atoms with E-state index in [0.717, 1.165) is 24.1 Å². The van der Waals surface area contributed by atoms with Gasteiger partial charge in [0.2, 0.25) is 0 Å². The molecule has 2 aromatic rings. The van der Waals surface area contributed by atoms with Gasteiger partial charge in [-0.25, -0.2) is 9.98 Å². The Morgan fingerprint density at radius 1 is 0.952 bits per heavy atom.